The smallest absolute Gasteiger partial charge is 0.325 e. The van der Waals surface area contributed by atoms with Crippen molar-refractivity contribution in [2.75, 3.05) is 6.16 Å². The minimum Gasteiger partial charge on any atom is -0.462 e. The Morgan fingerprint density at radius 3 is 2.39 bits per heavy atom. The molecule has 5 N–H and O–H groups in total. The summed E-state index contributed by atoms with van der Waals surface area (Å²) >= 11 is 0. The second-order valence-corrected chi connectivity index (χ2v) is 8.39. The molecule has 0 saturated carbocycles. The van der Waals surface area contributed by atoms with Crippen LogP contribution in [0.1, 0.15) is 6.42 Å². The van der Waals surface area contributed by atoms with Gasteiger partial charge in [-0.25, -0.2) is 0 Å². The summed E-state index contributed by atoms with van der Waals surface area (Å²) in [4.78, 5) is 18.0. The molecule has 0 aliphatic carbocycles. The predicted molar refractivity (Wildman–Crippen MR) is 95.3 cm³/mol. The van der Waals surface area contributed by atoms with Crippen LogP contribution in [0.5, 0.6) is 5.75 Å². The van der Waals surface area contributed by atoms with E-state index >= 15 is 0 Å². The molecule has 0 spiro atoms. The molecular formula is C16H22N3O8P. The Balaban J connectivity index is 1.68. The van der Waals surface area contributed by atoms with Crippen molar-refractivity contribution in [1.29, 1.82) is 0 Å². The number of aryl methyl sites for hydroxylation is 1. The summed E-state index contributed by atoms with van der Waals surface area (Å²) in [7, 11) is -2.55. The van der Waals surface area contributed by atoms with Gasteiger partial charge in [0, 0.05) is 12.6 Å². The molecule has 1 aliphatic rings. The van der Waals surface area contributed by atoms with Gasteiger partial charge in [-0.2, -0.15) is 0 Å². The maximum atomic E-state index is 11.1. The molecule has 0 unspecified atom stereocenters. The number of rotatable bonds is 6. The van der Waals surface area contributed by atoms with Crippen LogP contribution >= 0.6 is 7.60 Å². The number of benzene rings is 1. The number of hydrogen-bond donors (Lipinski definition) is 5. The Bertz CT molecular complexity index is 839. The van der Waals surface area contributed by atoms with Crippen LogP contribution in [-0.4, -0.2) is 77.0 Å². The summed E-state index contributed by atoms with van der Waals surface area (Å²) in [6.07, 6.45) is -6.04. The van der Waals surface area contributed by atoms with Crippen molar-refractivity contribution in [1.82, 2.24) is 15.0 Å². The van der Waals surface area contributed by atoms with Crippen molar-refractivity contribution in [3.8, 4) is 17.0 Å². The van der Waals surface area contributed by atoms with Crippen molar-refractivity contribution in [2.45, 2.75) is 37.1 Å². The quantitative estimate of drug-likeness (QED) is 0.378. The fourth-order valence-electron chi connectivity index (χ4n) is 2.87. The first kappa shape index (κ1) is 20.9. The van der Waals surface area contributed by atoms with Crippen LogP contribution in [0.25, 0.3) is 11.3 Å². The third kappa shape index (κ3) is 4.95. The van der Waals surface area contributed by atoms with Crippen LogP contribution in [0, 0.1) is 0 Å². The van der Waals surface area contributed by atoms with E-state index in [1.165, 1.54) is 0 Å². The molecule has 154 valence electrons. The van der Waals surface area contributed by atoms with Gasteiger partial charge in [0.15, 0.2) is 0 Å². The lowest BCUT2D eigenvalue weighted by Crippen LogP contribution is -2.59. The molecule has 3 rings (SSSR count). The van der Waals surface area contributed by atoms with Gasteiger partial charge in [0.05, 0.1) is 18.5 Å². The topological polar surface area (TPSA) is 167 Å². The summed E-state index contributed by atoms with van der Waals surface area (Å²) < 4.78 is 23.6. The SMILES string of the molecule is Cn1cc(-c2ccc(O[C@H]3O[C@H](CCP(=O)(O)O)[C@@H](O)[C@H](O)[C@@H]3O)cc2)nn1. The van der Waals surface area contributed by atoms with Gasteiger partial charge in [-0.05, 0) is 30.7 Å². The van der Waals surface area contributed by atoms with E-state index in [4.69, 9.17) is 19.3 Å². The molecular weight excluding hydrogens is 393 g/mol. The van der Waals surface area contributed by atoms with Gasteiger partial charge >= 0.3 is 7.60 Å². The number of nitrogens with zero attached hydrogens (tertiary/aromatic N) is 3. The summed E-state index contributed by atoms with van der Waals surface area (Å²) in [5.41, 5.74) is 1.46. The van der Waals surface area contributed by atoms with E-state index in [2.05, 4.69) is 10.3 Å². The number of aliphatic hydroxyl groups excluding tert-OH is 3. The largest absolute Gasteiger partial charge is 0.462 e. The molecule has 5 atom stereocenters. The molecule has 0 bridgehead atoms. The highest BCUT2D eigenvalue weighted by atomic mass is 31.2. The number of hydrogen-bond acceptors (Lipinski definition) is 8. The highest BCUT2D eigenvalue weighted by Crippen LogP contribution is 2.37. The summed E-state index contributed by atoms with van der Waals surface area (Å²) in [5, 5.41) is 38.0. The fourth-order valence-corrected chi connectivity index (χ4v) is 3.46. The van der Waals surface area contributed by atoms with Gasteiger partial charge in [-0.1, -0.05) is 5.21 Å². The van der Waals surface area contributed by atoms with Crippen molar-refractivity contribution in [2.24, 2.45) is 7.05 Å². The Hall–Kier alpha value is -1.85. The van der Waals surface area contributed by atoms with E-state index in [0.29, 0.717) is 11.4 Å². The minimum atomic E-state index is -4.30. The lowest BCUT2D eigenvalue weighted by atomic mass is 9.97. The first-order valence-corrected chi connectivity index (χ1v) is 10.3. The molecule has 11 nitrogen and oxygen atoms in total. The lowest BCUT2D eigenvalue weighted by molar-refractivity contribution is -0.272. The molecule has 28 heavy (non-hydrogen) atoms. The third-order valence-electron chi connectivity index (χ3n) is 4.38. The van der Waals surface area contributed by atoms with Crippen molar-refractivity contribution >= 4 is 7.60 Å². The molecule has 1 saturated heterocycles. The molecule has 1 fully saturated rings. The maximum absolute atomic E-state index is 11.1. The predicted octanol–water partition coefficient (Wildman–Crippen LogP) is -0.764. The molecule has 2 aromatic rings. The zero-order valence-electron chi connectivity index (χ0n) is 14.9. The van der Waals surface area contributed by atoms with Gasteiger partial charge < -0.3 is 34.6 Å². The number of ether oxygens (including phenoxy) is 2. The third-order valence-corrected chi connectivity index (χ3v) is 5.22. The van der Waals surface area contributed by atoms with Crippen molar-refractivity contribution in [3.05, 3.63) is 30.5 Å². The molecule has 0 radical (unpaired) electrons. The van der Waals surface area contributed by atoms with E-state index < -0.39 is 44.5 Å². The Labute approximate surface area is 160 Å². The van der Waals surface area contributed by atoms with Crippen LogP contribution in [0.3, 0.4) is 0 Å². The van der Waals surface area contributed by atoms with Crippen molar-refractivity contribution in [3.63, 3.8) is 0 Å². The van der Waals surface area contributed by atoms with Gasteiger partial charge in [0.2, 0.25) is 6.29 Å². The van der Waals surface area contributed by atoms with Gasteiger partial charge in [-0.15, -0.1) is 5.10 Å². The highest BCUT2D eigenvalue weighted by Gasteiger charge is 2.45. The standard InChI is InChI=1S/C16H22N3O8P/c1-19-8-11(17-18-19)9-2-4-10(5-3-9)26-16-15(22)14(21)13(20)12(27-16)6-7-28(23,24)25/h2-5,8,12-16,20-22H,6-7H2,1H3,(H2,23,24,25)/t12-,13-,14+,15+,16+/m1/s1. The second-order valence-electron chi connectivity index (χ2n) is 6.61. The molecule has 1 aliphatic heterocycles. The summed E-state index contributed by atoms with van der Waals surface area (Å²) in [5.74, 6) is 0.328. The second kappa shape index (κ2) is 8.26. The van der Waals surface area contributed by atoms with Crippen LogP contribution in [-0.2, 0) is 16.3 Å². The van der Waals surface area contributed by atoms with Crippen LogP contribution in [0.15, 0.2) is 30.5 Å². The van der Waals surface area contributed by atoms with E-state index in [1.54, 1.807) is 42.2 Å². The van der Waals surface area contributed by atoms with E-state index in [-0.39, 0.29) is 6.42 Å². The fraction of sp³-hybridized carbons (Fsp3) is 0.500. The molecule has 2 heterocycles. The van der Waals surface area contributed by atoms with Crippen LogP contribution < -0.4 is 4.74 Å². The van der Waals surface area contributed by atoms with Crippen LogP contribution in [0.2, 0.25) is 0 Å². The minimum absolute atomic E-state index is 0.208. The lowest BCUT2D eigenvalue weighted by Gasteiger charge is -2.40. The first-order valence-electron chi connectivity index (χ1n) is 8.52. The number of aromatic nitrogens is 3. The molecule has 0 amide bonds. The zero-order valence-corrected chi connectivity index (χ0v) is 15.8. The molecule has 1 aromatic heterocycles. The average molecular weight is 415 g/mol. The first-order chi connectivity index (χ1) is 13.1. The average Bonchev–Trinajstić information content (AvgIpc) is 3.07. The van der Waals surface area contributed by atoms with E-state index in [9.17, 15) is 19.9 Å². The van der Waals surface area contributed by atoms with Gasteiger partial charge in [0.25, 0.3) is 0 Å². The number of aliphatic hydroxyl groups is 3. The normalized spacial score (nSPS) is 28.3. The molecule has 12 heteroatoms. The zero-order chi connectivity index (χ0) is 20.5. The maximum Gasteiger partial charge on any atom is 0.325 e. The Morgan fingerprint density at radius 1 is 1.14 bits per heavy atom. The summed E-state index contributed by atoms with van der Waals surface area (Å²) in [6, 6.07) is 6.68. The molecule has 1 aromatic carbocycles. The van der Waals surface area contributed by atoms with E-state index in [0.717, 1.165) is 5.56 Å². The van der Waals surface area contributed by atoms with E-state index in [1.807, 2.05) is 0 Å². The highest BCUT2D eigenvalue weighted by molar-refractivity contribution is 7.51. The summed E-state index contributed by atoms with van der Waals surface area (Å²) in [6.45, 7) is 0. The van der Waals surface area contributed by atoms with Crippen LogP contribution in [0.4, 0.5) is 0 Å². The van der Waals surface area contributed by atoms with Gasteiger partial charge in [0.1, 0.15) is 29.8 Å². The Morgan fingerprint density at radius 2 is 1.82 bits per heavy atom. The van der Waals surface area contributed by atoms with Crippen molar-refractivity contribution < 1.29 is 39.1 Å². The van der Waals surface area contributed by atoms with Gasteiger partial charge in [-0.3, -0.25) is 9.25 Å². The Kier molecular flexibility index (Phi) is 6.15. The monoisotopic (exact) mass is 415 g/mol.